The topological polar surface area (TPSA) is 0 Å². The van der Waals surface area contributed by atoms with Crippen LogP contribution in [0.25, 0.3) is 0 Å². The Morgan fingerprint density at radius 1 is 1.40 bits per heavy atom. The Morgan fingerprint density at radius 3 is 2.50 bits per heavy atom. The zero-order chi connectivity index (χ0) is 7.56. The van der Waals surface area contributed by atoms with Crippen molar-refractivity contribution < 1.29 is 0 Å². The molecule has 0 heterocycles. The van der Waals surface area contributed by atoms with E-state index in [1.807, 2.05) is 12.1 Å². The third-order valence-electron chi connectivity index (χ3n) is 1.44. The third kappa shape index (κ3) is 1.97. The summed E-state index contributed by atoms with van der Waals surface area (Å²) < 4.78 is 1.27. The van der Waals surface area contributed by atoms with Gasteiger partial charge in [-0.3, -0.25) is 0 Å². The molecule has 1 heteroatoms. The Hall–Kier alpha value is -0.0500. The molecule has 1 radical (unpaired) electrons. The van der Waals surface area contributed by atoms with Crippen molar-refractivity contribution in [2.24, 2.45) is 0 Å². The zero-order valence-electron chi connectivity index (χ0n) is 6.19. The fourth-order valence-corrected chi connectivity index (χ4v) is 1.33. The smallest absolute Gasteiger partial charge is 0.0139 e. The lowest BCUT2D eigenvalue weighted by atomic mass is 10.0. The van der Waals surface area contributed by atoms with Gasteiger partial charge in [-0.2, -0.15) is 0 Å². The molecule has 0 nitrogen and oxygen atoms in total. The second kappa shape index (κ2) is 3.37. The highest BCUT2D eigenvalue weighted by Gasteiger charge is 1.97. The average molecular weight is 245 g/mol. The molecule has 0 amide bonds. The van der Waals surface area contributed by atoms with Crippen molar-refractivity contribution in [3.8, 4) is 0 Å². The summed E-state index contributed by atoms with van der Waals surface area (Å²) in [6, 6.07) is 9.34. The monoisotopic (exact) mass is 245 g/mol. The van der Waals surface area contributed by atoms with Crippen LogP contribution in [0.4, 0.5) is 0 Å². The highest BCUT2D eigenvalue weighted by molar-refractivity contribution is 14.1. The lowest BCUT2D eigenvalue weighted by Crippen LogP contribution is -1.86. The molecule has 1 rings (SSSR count). The van der Waals surface area contributed by atoms with Crippen molar-refractivity contribution in [2.75, 3.05) is 0 Å². The van der Waals surface area contributed by atoms with Crippen molar-refractivity contribution >= 4 is 22.6 Å². The van der Waals surface area contributed by atoms with Gasteiger partial charge >= 0.3 is 0 Å². The van der Waals surface area contributed by atoms with Crippen LogP contribution in [-0.4, -0.2) is 0 Å². The predicted octanol–water partition coefficient (Wildman–Crippen LogP) is 3.21. The van der Waals surface area contributed by atoms with Gasteiger partial charge in [0.2, 0.25) is 0 Å². The molecule has 53 valence electrons. The first-order valence-corrected chi connectivity index (χ1v) is 4.44. The molecule has 0 saturated carbocycles. The molecule has 0 aliphatic rings. The van der Waals surface area contributed by atoms with Crippen LogP contribution in [0, 0.1) is 9.64 Å². The van der Waals surface area contributed by atoms with Crippen molar-refractivity contribution in [3.05, 3.63) is 33.4 Å². The van der Waals surface area contributed by atoms with Crippen molar-refractivity contribution in [3.63, 3.8) is 0 Å². The van der Waals surface area contributed by atoms with Gasteiger partial charge in [0.25, 0.3) is 0 Å². The van der Waals surface area contributed by atoms with E-state index in [4.69, 9.17) is 0 Å². The van der Waals surface area contributed by atoms with Gasteiger partial charge in [0.1, 0.15) is 0 Å². The van der Waals surface area contributed by atoms with Crippen molar-refractivity contribution in [2.45, 2.75) is 19.8 Å². The highest BCUT2D eigenvalue weighted by Crippen LogP contribution is 2.15. The largest absolute Gasteiger partial charge is 0.0587 e. The van der Waals surface area contributed by atoms with Gasteiger partial charge < -0.3 is 0 Å². The van der Waals surface area contributed by atoms with Crippen LogP contribution < -0.4 is 0 Å². The SMILES string of the molecule is CC(C)c1c[c]cc(I)c1. The van der Waals surface area contributed by atoms with Gasteiger partial charge in [-0.15, -0.1) is 0 Å². The van der Waals surface area contributed by atoms with Crippen molar-refractivity contribution in [1.82, 2.24) is 0 Å². The van der Waals surface area contributed by atoms with E-state index in [0.29, 0.717) is 5.92 Å². The summed E-state index contributed by atoms with van der Waals surface area (Å²) in [7, 11) is 0. The number of benzene rings is 1. The van der Waals surface area contributed by atoms with Gasteiger partial charge in [-0.25, -0.2) is 0 Å². The molecule has 0 fully saturated rings. The highest BCUT2D eigenvalue weighted by atomic mass is 127. The Labute approximate surface area is 75.8 Å². The van der Waals surface area contributed by atoms with Crippen molar-refractivity contribution in [1.29, 1.82) is 0 Å². The molecule has 0 saturated heterocycles. The number of hydrogen-bond donors (Lipinski definition) is 0. The molecular weight excluding hydrogens is 235 g/mol. The second-order valence-corrected chi connectivity index (χ2v) is 3.88. The zero-order valence-corrected chi connectivity index (χ0v) is 8.34. The summed E-state index contributed by atoms with van der Waals surface area (Å²) in [6.07, 6.45) is 0. The summed E-state index contributed by atoms with van der Waals surface area (Å²) in [4.78, 5) is 0. The van der Waals surface area contributed by atoms with E-state index < -0.39 is 0 Å². The first-order chi connectivity index (χ1) is 4.70. The maximum Gasteiger partial charge on any atom is 0.0139 e. The van der Waals surface area contributed by atoms with Gasteiger partial charge in [-0.05, 0) is 52.3 Å². The predicted molar refractivity (Wildman–Crippen MR) is 52.1 cm³/mol. The molecule has 0 spiro atoms. The van der Waals surface area contributed by atoms with Gasteiger partial charge in [0, 0.05) is 3.57 Å². The Morgan fingerprint density at radius 2 is 2.10 bits per heavy atom. The number of halogens is 1. The lowest BCUT2D eigenvalue weighted by molar-refractivity contribution is 0.865. The molecular formula is C9H10I. The summed E-state index contributed by atoms with van der Waals surface area (Å²) in [6.45, 7) is 4.39. The normalized spacial score (nSPS) is 10.4. The maximum atomic E-state index is 3.10. The standard InChI is InChI=1S/C9H10I/c1-7(2)8-4-3-5-9(10)6-8/h4-7H,1-2H3. The first-order valence-electron chi connectivity index (χ1n) is 3.36. The molecule has 0 aliphatic heterocycles. The van der Waals surface area contributed by atoms with Crippen LogP contribution in [0.5, 0.6) is 0 Å². The minimum Gasteiger partial charge on any atom is -0.0587 e. The summed E-state index contributed by atoms with van der Waals surface area (Å²) in [5.41, 5.74) is 1.37. The van der Waals surface area contributed by atoms with E-state index in [1.165, 1.54) is 9.13 Å². The molecule has 0 aliphatic carbocycles. The van der Waals surface area contributed by atoms with Gasteiger partial charge in [0.05, 0.1) is 0 Å². The molecule has 0 atom stereocenters. The van der Waals surface area contributed by atoms with Crippen LogP contribution in [0.3, 0.4) is 0 Å². The average Bonchev–Trinajstić information content (AvgIpc) is 1.88. The number of hydrogen-bond acceptors (Lipinski definition) is 0. The Balaban J connectivity index is 2.96. The molecule has 10 heavy (non-hydrogen) atoms. The first kappa shape index (κ1) is 8.05. The fourth-order valence-electron chi connectivity index (χ4n) is 0.793. The molecule has 0 unspecified atom stereocenters. The van der Waals surface area contributed by atoms with Gasteiger partial charge in [0.15, 0.2) is 0 Å². The van der Waals surface area contributed by atoms with E-state index in [9.17, 15) is 0 Å². The summed E-state index contributed by atoms with van der Waals surface area (Å²) in [5, 5.41) is 0. The maximum absolute atomic E-state index is 3.10. The van der Waals surface area contributed by atoms with E-state index in [2.05, 4.69) is 48.6 Å². The van der Waals surface area contributed by atoms with E-state index >= 15 is 0 Å². The lowest BCUT2D eigenvalue weighted by Gasteiger charge is -2.03. The van der Waals surface area contributed by atoms with Crippen LogP contribution in [0.2, 0.25) is 0 Å². The van der Waals surface area contributed by atoms with Crippen LogP contribution in [0.15, 0.2) is 18.2 Å². The minimum absolute atomic E-state index is 0.617. The van der Waals surface area contributed by atoms with Crippen LogP contribution in [0.1, 0.15) is 25.3 Å². The molecule has 0 aromatic heterocycles. The quantitative estimate of drug-likeness (QED) is 0.666. The van der Waals surface area contributed by atoms with E-state index in [0.717, 1.165) is 0 Å². The van der Waals surface area contributed by atoms with E-state index in [1.54, 1.807) is 0 Å². The third-order valence-corrected chi connectivity index (χ3v) is 2.07. The summed E-state index contributed by atoms with van der Waals surface area (Å²) >= 11 is 2.31. The number of rotatable bonds is 1. The summed E-state index contributed by atoms with van der Waals surface area (Å²) in [5.74, 6) is 0.617. The Kier molecular flexibility index (Phi) is 2.72. The molecule has 1 aromatic rings. The van der Waals surface area contributed by atoms with Crippen LogP contribution in [-0.2, 0) is 0 Å². The molecule has 1 aromatic carbocycles. The Bertz CT molecular complexity index is 216. The molecule has 0 N–H and O–H groups in total. The minimum atomic E-state index is 0.617. The molecule has 0 bridgehead atoms. The van der Waals surface area contributed by atoms with Gasteiger partial charge in [-0.1, -0.05) is 19.9 Å². The fraction of sp³-hybridized carbons (Fsp3) is 0.333. The van der Waals surface area contributed by atoms with Crippen LogP contribution >= 0.6 is 22.6 Å². The second-order valence-electron chi connectivity index (χ2n) is 2.64. The van der Waals surface area contributed by atoms with E-state index in [-0.39, 0.29) is 0 Å².